The van der Waals surface area contributed by atoms with Crippen LogP contribution in [0.25, 0.3) is 0 Å². The minimum atomic E-state index is -0.547. The van der Waals surface area contributed by atoms with E-state index < -0.39 is 6.04 Å². The van der Waals surface area contributed by atoms with Crippen LogP contribution in [0.1, 0.15) is 13.8 Å². The van der Waals surface area contributed by atoms with Gasteiger partial charge >= 0.3 is 6.03 Å². The standard InChI is InChI=1S/C14H20N4O2.ClH/c1-9(2)12(15)13(19)17-10-4-3-5-11(8-10)18-7-6-16-14(18)20;/h3-5,8-9,12H,6-7,15H2,1-2H3,(H,16,20)(H,17,19);1H. The Labute approximate surface area is 130 Å². The molecule has 1 aromatic rings. The van der Waals surface area contributed by atoms with Gasteiger partial charge in [0.25, 0.3) is 0 Å². The zero-order chi connectivity index (χ0) is 14.7. The zero-order valence-corrected chi connectivity index (χ0v) is 12.9. The van der Waals surface area contributed by atoms with Gasteiger partial charge in [-0.2, -0.15) is 0 Å². The lowest BCUT2D eigenvalue weighted by Crippen LogP contribution is -2.39. The van der Waals surface area contributed by atoms with Crippen molar-refractivity contribution in [3.05, 3.63) is 24.3 Å². The smallest absolute Gasteiger partial charge is 0.321 e. The number of hydrogen-bond donors (Lipinski definition) is 3. The number of anilines is 2. The van der Waals surface area contributed by atoms with E-state index >= 15 is 0 Å². The maximum Gasteiger partial charge on any atom is 0.321 e. The monoisotopic (exact) mass is 312 g/mol. The first kappa shape index (κ1) is 17.3. The summed E-state index contributed by atoms with van der Waals surface area (Å²) in [5.74, 6) is -0.148. The first-order valence-electron chi connectivity index (χ1n) is 6.71. The normalized spacial score (nSPS) is 15.4. The minimum Gasteiger partial charge on any atom is -0.336 e. The van der Waals surface area contributed by atoms with Gasteiger partial charge in [-0.05, 0) is 24.1 Å². The molecule has 1 unspecified atom stereocenters. The highest BCUT2D eigenvalue weighted by Gasteiger charge is 2.22. The van der Waals surface area contributed by atoms with Crippen molar-refractivity contribution in [2.45, 2.75) is 19.9 Å². The van der Waals surface area contributed by atoms with Crippen molar-refractivity contribution >= 4 is 35.7 Å². The average molecular weight is 313 g/mol. The quantitative estimate of drug-likeness (QED) is 0.788. The molecular formula is C14H21ClN4O2. The molecule has 7 heteroatoms. The van der Waals surface area contributed by atoms with Crippen molar-refractivity contribution in [2.75, 3.05) is 23.3 Å². The van der Waals surface area contributed by atoms with Gasteiger partial charge in [0, 0.05) is 24.5 Å². The Morgan fingerprint density at radius 3 is 2.71 bits per heavy atom. The van der Waals surface area contributed by atoms with Gasteiger partial charge in [0.05, 0.1) is 6.04 Å². The van der Waals surface area contributed by atoms with E-state index in [-0.39, 0.29) is 30.3 Å². The van der Waals surface area contributed by atoms with Crippen LogP contribution in [0.3, 0.4) is 0 Å². The Morgan fingerprint density at radius 1 is 1.43 bits per heavy atom. The second kappa shape index (κ2) is 7.28. The largest absolute Gasteiger partial charge is 0.336 e. The molecule has 0 bridgehead atoms. The molecule has 116 valence electrons. The Hall–Kier alpha value is -1.79. The first-order chi connectivity index (χ1) is 9.49. The maximum absolute atomic E-state index is 11.9. The summed E-state index contributed by atoms with van der Waals surface area (Å²) in [6.07, 6.45) is 0. The summed E-state index contributed by atoms with van der Waals surface area (Å²) in [6.45, 7) is 5.06. The number of benzene rings is 1. The van der Waals surface area contributed by atoms with Crippen LogP contribution in [-0.2, 0) is 4.79 Å². The molecule has 1 fully saturated rings. The highest BCUT2D eigenvalue weighted by molar-refractivity contribution is 5.97. The fourth-order valence-electron chi connectivity index (χ4n) is 2.00. The minimum absolute atomic E-state index is 0. The van der Waals surface area contributed by atoms with Gasteiger partial charge in [-0.1, -0.05) is 19.9 Å². The summed E-state index contributed by atoms with van der Waals surface area (Å²) < 4.78 is 0. The lowest BCUT2D eigenvalue weighted by molar-refractivity contribution is -0.118. The average Bonchev–Trinajstić information content (AvgIpc) is 2.84. The van der Waals surface area contributed by atoms with Gasteiger partial charge in [0.2, 0.25) is 5.91 Å². The first-order valence-corrected chi connectivity index (χ1v) is 6.71. The summed E-state index contributed by atoms with van der Waals surface area (Å²) >= 11 is 0. The summed E-state index contributed by atoms with van der Waals surface area (Å²) in [7, 11) is 0. The van der Waals surface area contributed by atoms with Crippen LogP contribution in [0.2, 0.25) is 0 Å². The molecule has 0 saturated carbocycles. The van der Waals surface area contributed by atoms with Crippen LogP contribution in [0, 0.1) is 5.92 Å². The van der Waals surface area contributed by atoms with Gasteiger partial charge in [-0.15, -0.1) is 12.4 Å². The lowest BCUT2D eigenvalue weighted by atomic mass is 10.0. The predicted molar refractivity (Wildman–Crippen MR) is 85.9 cm³/mol. The van der Waals surface area contributed by atoms with Gasteiger partial charge in [0.15, 0.2) is 0 Å². The molecule has 0 radical (unpaired) electrons. The molecule has 1 aliphatic heterocycles. The number of nitrogens with one attached hydrogen (secondary N) is 2. The number of nitrogens with zero attached hydrogens (tertiary/aromatic N) is 1. The van der Waals surface area contributed by atoms with E-state index in [1.807, 2.05) is 19.9 Å². The highest BCUT2D eigenvalue weighted by atomic mass is 35.5. The van der Waals surface area contributed by atoms with E-state index in [1.54, 1.807) is 23.1 Å². The fraction of sp³-hybridized carbons (Fsp3) is 0.429. The third kappa shape index (κ3) is 4.09. The molecule has 21 heavy (non-hydrogen) atoms. The number of amides is 3. The lowest BCUT2D eigenvalue weighted by Gasteiger charge is -2.18. The van der Waals surface area contributed by atoms with Gasteiger partial charge < -0.3 is 16.4 Å². The van der Waals surface area contributed by atoms with Crippen molar-refractivity contribution < 1.29 is 9.59 Å². The third-order valence-corrected chi connectivity index (χ3v) is 3.30. The number of urea groups is 1. The Kier molecular flexibility index (Phi) is 5.99. The molecule has 1 aromatic carbocycles. The third-order valence-electron chi connectivity index (χ3n) is 3.30. The van der Waals surface area contributed by atoms with Crippen molar-refractivity contribution in [1.82, 2.24) is 5.32 Å². The Balaban J connectivity index is 0.00000220. The van der Waals surface area contributed by atoms with Crippen LogP contribution >= 0.6 is 12.4 Å². The van der Waals surface area contributed by atoms with Crippen LogP contribution < -0.4 is 21.3 Å². The van der Waals surface area contributed by atoms with Crippen LogP contribution in [0.5, 0.6) is 0 Å². The highest BCUT2D eigenvalue weighted by Crippen LogP contribution is 2.21. The van der Waals surface area contributed by atoms with Crippen molar-refractivity contribution in [3.63, 3.8) is 0 Å². The maximum atomic E-state index is 11.9. The molecule has 1 atom stereocenters. The predicted octanol–water partition coefficient (Wildman–Crippen LogP) is 1.56. The fourth-order valence-corrected chi connectivity index (χ4v) is 2.00. The Morgan fingerprint density at radius 2 is 2.14 bits per heavy atom. The van der Waals surface area contributed by atoms with E-state index in [9.17, 15) is 9.59 Å². The van der Waals surface area contributed by atoms with Crippen molar-refractivity contribution in [1.29, 1.82) is 0 Å². The molecule has 0 aliphatic carbocycles. The van der Waals surface area contributed by atoms with Crippen molar-refractivity contribution in [3.8, 4) is 0 Å². The van der Waals surface area contributed by atoms with Crippen LogP contribution in [0.4, 0.5) is 16.2 Å². The summed E-state index contributed by atoms with van der Waals surface area (Å²) in [4.78, 5) is 25.2. The van der Waals surface area contributed by atoms with Crippen LogP contribution in [-0.4, -0.2) is 31.1 Å². The van der Waals surface area contributed by atoms with E-state index in [4.69, 9.17) is 5.73 Å². The second-order valence-corrected chi connectivity index (χ2v) is 5.19. The summed E-state index contributed by atoms with van der Waals surface area (Å²) in [6, 6.07) is 6.53. The topological polar surface area (TPSA) is 87.5 Å². The van der Waals surface area contributed by atoms with Crippen LogP contribution in [0.15, 0.2) is 24.3 Å². The van der Waals surface area contributed by atoms with Gasteiger partial charge in [-0.25, -0.2) is 4.79 Å². The van der Waals surface area contributed by atoms with Gasteiger partial charge in [0.1, 0.15) is 0 Å². The van der Waals surface area contributed by atoms with Gasteiger partial charge in [-0.3, -0.25) is 9.69 Å². The molecule has 1 heterocycles. The molecule has 1 aliphatic rings. The molecule has 4 N–H and O–H groups in total. The molecule has 0 spiro atoms. The van der Waals surface area contributed by atoms with Crippen molar-refractivity contribution in [2.24, 2.45) is 11.7 Å². The summed E-state index contributed by atoms with van der Waals surface area (Å²) in [5.41, 5.74) is 7.21. The SMILES string of the molecule is CC(C)C(N)C(=O)Nc1cccc(N2CCNC2=O)c1.Cl. The zero-order valence-electron chi connectivity index (χ0n) is 12.1. The number of hydrogen-bond acceptors (Lipinski definition) is 3. The molecule has 1 saturated heterocycles. The number of rotatable bonds is 4. The number of halogens is 1. The molecular weight excluding hydrogens is 292 g/mol. The van der Waals surface area contributed by atoms with E-state index in [0.717, 1.165) is 5.69 Å². The Bertz CT molecular complexity index is 521. The summed E-state index contributed by atoms with van der Waals surface area (Å²) in [5, 5.41) is 5.52. The number of carbonyl (C=O) groups excluding carboxylic acids is 2. The van der Waals surface area contributed by atoms with E-state index in [2.05, 4.69) is 10.6 Å². The number of carbonyl (C=O) groups is 2. The molecule has 2 rings (SSSR count). The van der Waals surface area contributed by atoms with E-state index in [1.165, 1.54) is 0 Å². The molecule has 0 aromatic heterocycles. The molecule has 6 nitrogen and oxygen atoms in total. The second-order valence-electron chi connectivity index (χ2n) is 5.19. The number of nitrogens with two attached hydrogens (primary N) is 1. The van der Waals surface area contributed by atoms with E-state index in [0.29, 0.717) is 18.8 Å². The molecule has 3 amide bonds.